The molecule has 1 fully saturated rings. The topological polar surface area (TPSA) is 84.4 Å². The van der Waals surface area contributed by atoms with Crippen molar-refractivity contribution in [2.45, 2.75) is 25.7 Å². The first-order valence-corrected chi connectivity index (χ1v) is 14.8. The van der Waals surface area contributed by atoms with Gasteiger partial charge in [0.2, 0.25) is 11.8 Å². The van der Waals surface area contributed by atoms with Crippen molar-refractivity contribution in [3.8, 4) is 5.88 Å². The lowest BCUT2D eigenvalue weighted by Gasteiger charge is -2.36. The van der Waals surface area contributed by atoms with Crippen LogP contribution in [0.5, 0.6) is 5.88 Å². The van der Waals surface area contributed by atoms with E-state index in [-0.39, 0.29) is 12.6 Å². The Morgan fingerprint density at radius 1 is 0.975 bits per heavy atom. The minimum atomic E-state index is -0.125. The Hall–Kier alpha value is -3.34. The van der Waals surface area contributed by atoms with Crippen LogP contribution in [0.1, 0.15) is 24.8 Å². The molecule has 9 nitrogen and oxygen atoms in total. The van der Waals surface area contributed by atoms with E-state index in [1.54, 1.807) is 7.11 Å². The molecule has 2 aliphatic heterocycles. The molecule has 0 aliphatic carbocycles. The number of pyridine rings is 1. The van der Waals surface area contributed by atoms with Crippen molar-refractivity contribution in [1.29, 1.82) is 0 Å². The molecule has 3 aromatic rings. The molecular formula is C30H38N4O5S. The number of anilines is 2. The second-order valence-corrected chi connectivity index (χ2v) is 10.2. The quantitative estimate of drug-likeness (QED) is 0.189. The van der Waals surface area contributed by atoms with Crippen LogP contribution < -0.4 is 14.5 Å². The van der Waals surface area contributed by atoms with Crippen LogP contribution in [0.15, 0.2) is 54.6 Å². The number of fused-ring (bicyclic) bond motifs is 2. The SMILES string of the molecule is COSC.O=COCN1C(=O)CCc2ccc(OCCCCN3CCN(c4cccc5ccccc45)CC3)nc21. The van der Waals surface area contributed by atoms with Crippen LogP contribution in [0.25, 0.3) is 10.8 Å². The third-order valence-corrected chi connectivity index (χ3v) is 7.47. The second kappa shape index (κ2) is 15.4. The molecule has 1 aromatic heterocycles. The Bertz CT molecular complexity index is 1240. The lowest BCUT2D eigenvalue weighted by molar-refractivity contribution is -0.130. The number of hydrogen-bond acceptors (Lipinski definition) is 9. The number of piperazine rings is 1. The third-order valence-electron chi connectivity index (χ3n) is 7.13. The highest BCUT2D eigenvalue weighted by Crippen LogP contribution is 2.29. The molecule has 10 heteroatoms. The van der Waals surface area contributed by atoms with Crippen molar-refractivity contribution in [1.82, 2.24) is 9.88 Å². The van der Waals surface area contributed by atoms with Gasteiger partial charge < -0.3 is 18.6 Å². The van der Waals surface area contributed by atoms with Crippen LogP contribution in [0, 0.1) is 0 Å². The summed E-state index contributed by atoms with van der Waals surface area (Å²) in [7, 11) is 1.64. The van der Waals surface area contributed by atoms with E-state index in [4.69, 9.17) is 9.47 Å². The number of ether oxygens (including phenoxy) is 2. The van der Waals surface area contributed by atoms with E-state index in [0.717, 1.165) is 51.1 Å². The van der Waals surface area contributed by atoms with Gasteiger partial charge in [0.1, 0.15) is 5.82 Å². The van der Waals surface area contributed by atoms with Gasteiger partial charge in [0.15, 0.2) is 6.73 Å². The zero-order valence-corrected chi connectivity index (χ0v) is 24.1. The molecule has 214 valence electrons. The monoisotopic (exact) mass is 566 g/mol. The first-order chi connectivity index (χ1) is 19.6. The Morgan fingerprint density at radius 3 is 2.52 bits per heavy atom. The van der Waals surface area contributed by atoms with Gasteiger partial charge in [-0.15, -0.1) is 0 Å². The zero-order valence-electron chi connectivity index (χ0n) is 23.3. The zero-order chi connectivity index (χ0) is 28.2. The van der Waals surface area contributed by atoms with E-state index < -0.39 is 0 Å². The van der Waals surface area contributed by atoms with Crippen molar-refractivity contribution in [2.75, 3.05) is 69.2 Å². The number of benzene rings is 2. The summed E-state index contributed by atoms with van der Waals surface area (Å²) < 4.78 is 15.1. The van der Waals surface area contributed by atoms with Crippen molar-refractivity contribution in [3.05, 3.63) is 60.2 Å². The van der Waals surface area contributed by atoms with E-state index in [1.165, 1.54) is 33.4 Å². The van der Waals surface area contributed by atoms with Gasteiger partial charge in [-0.3, -0.25) is 19.4 Å². The van der Waals surface area contributed by atoms with Gasteiger partial charge >= 0.3 is 0 Å². The van der Waals surface area contributed by atoms with Crippen LogP contribution in [-0.2, 0) is 24.9 Å². The molecule has 0 atom stereocenters. The normalized spacial score (nSPS) is 15.3. The van der Waals surface area contributed by atoms with Crippen molar-refractivity contribution in [3.63, 3.8) is 0 Å². The Morgan fingerprint density at radius 2 is 1.75 bits per heavy atom. The van der Waals surface area contributed by atoms with Crippen LogP contribution in [-0.4, -0.2) is 81.7 Å². The fourth-order valence-corrected chi connectivity index (χ4v) is 5.01. The van der Waals surface area contributed by atoms with E-state index in [2.05, 4.69) is 61.4 Å². The van der Waals surface area contributed by atoms with Crippen LogP contribution in [0.2, 0.25) is 0 Å². The van der Waals surface area contributed by atoms with Crippen molar-refractivity contribution in [2.24, 2.45) is 0 Å². The minimum absolute atomic E-state index is 0.102. The van der Waals surface area contributed by atoms with Crippen LogP contribution in [0.4, 0.5) is 11.5 Å². The fourth-order valence-electron chi connectivity index (χ4n) is 5.01. The maximum atomic E-state index is 12.2. The summed E-state index contributed by atoms with van der Waals surface area (Å²) in [5.74, 6) is 0.910. The lowest BCUT2D eigenvalue weighted by Crippen LogP contribution is -2.46. The number of carbonyl (C=O) groups excluding carboxylic acids is 2. The summed E-state index contributed by atoms with van der Waals surface area (Å²) in [5, 5.41) is 2.62. The number of aryl methyl sites for hydroxylation is 1. The van der Waals surface area contributed by atoms with Crippen molar-refractivity contribution < 1.29 is 23.2 Å². The Kier molecular flexibility index (Phi) is 11.4. The number of carbonyl (C=O) groups is 2. The summed E-state index contributed by atoms with van der Waals surface area (Å²) in [6, 6.07) is 18.9. The molecule has 2 aromatic carbocycles. The smallest absolute Gasteiger partial charge is 0.294 e. The number of rotatable bonds is 11. The maximum absolute atomic E-state index is 12.2. The van der Waals surface area contributed by atoms with Gasteiger partial charge in [0.25, 0.3) is 6.47 Å². The molecule has 0 spiro atoms. The van der Waals surface area contributed by atoms with Gasteiger partial charge in [-0.25, -0.2) is 0 Å². The van der Waals surface area contributed by atoms with Gasteiger partial charge in [-0.2, -0.15) is 4.98 Å². The summed E-state index contributed by atoms with van der Waals surface area (Å²) in [5.41, 5.74) is 2.29. The van der Waals surface area contributed by atoms with Gasteiger partial charge in [0.05, 0.1) is 13.7 Å². The number of hydrogen-bond donors (Lipinski definition) is 0. The van der Waals surface area contributed by atoms with E-state index in [9.17, 15) is 9.59 Å². The van der Waals surface area contributed by atoms with Crippen LogP contribution in [0.3, 0.4) is 0 Å². The Balaban J connectivity index is 0.000000867. The van der Waals surface area contributed by atoms with Gasteiger partial charge in [0, 0.05) is 56.0 Å². The standard InChI is InChI=1S/C28H32N4O4.C2H6OS/c33-21-35-20-32-27(34)13-11-23-10-12-26(29-28(23)32)36-19-4-3-14-30-15-17-31(18-16-30)25-9-5-7-22-6-1-2-8-24(22)25;1-3-4-2/h1-2,5-10,12,21H,3-4,11,13-20H2;1-2H3. The molecule has 1 amide bonds. The van der Waals surface area contributed by atoms with Crippen LogP contribution >= 0.6 is 12.0 Å². The van der Waals surface area contributed by atoms with E-state index in [0.29, 0.717) is 37.6 Å². The predicted octanol–water partition coefficient (Wildman–Crippen LogP) is 4.54. The third kappa shape index (κ3) is 7.87. The van der Waals surface area contributed by atoms with Gasteiger partial charge in [-0.1, -0.05) is 36.4 Å². The van der Waals surface area contributed by atoms with Gasteiger partial charge in [-0.05, 0) is 60.9 Å². The number of aromatic nitrogens is 1. The largest absolute Gasteiger partial charge is 0.478 e. The number of amides is 1. The highest BCUT2D eigenvalue weighted by molar-refractivity contribution is 7.93. The average molecular weight is 567 g/mol. The molecule has 0 N–H and O–H groups in total. The molecule has 1 saturated heterocycles. The van der Waals surface area contributed by atoms with E-state index in [1.807, 2.05) is 18.4 Å². The molecule has 3 heterocycles. The maximum Gasteiger partial charge on any atom is 0.294 e. The summed E-state index contributed by atoms with van der Waals surface area (Å²) in [6.07, 6.45) is 4.87. The van der Waals surface area contributed by atoms with E-state index >= 15 is 0 Å². The molecule has 0 saturated carbocycles. The minimum Gasteiger partial charge on any atom is -0.478 e. The highest BCUT2D eigenvalue weighted by atomic mass is 32.2. The summed E-state index contributed by atoms with van der Waals surface area (Å²) in [4.78, 5) is 33.7. The summed E-state index contributed by atoms with van der Waals surface area (Å²) >= 11 is 1.36. The predicted molar refractivity (Wildman–Crippen MR) is 160 cm³/mol. The Labute approximate surface area is 240 Å². The summed E-state index contributed by atoms with van der Waals surface area (Å²) in [6.45, 7) is 6.02. The lowest BCUT2D eigenvalue weighted by atomic mass is 10.1. The number of nitrogens with zero attached hydrogens (tertiary/aromatic N) is 4. The number of unbranched alkanes of at least 4 members (excludes halogenated alkanes) is 1. The molecule has 2 aliphatic rings. The fraction of sp³-hybridized carbons (Fsp3) is 0.433. The molecular weight excluding hydrogens is 528 g/mol. The second-order valence-electron chi connectivity index (χ2n) is 9.56. The molecule has 0 bridgehead atoms. The molecule has 0 unspecified atom stereocenters. The first kappa shape index (κ1) is 29.6. The highest BCUT2D eigenvalue weighted by Gasteiger charge is 2.26. The van der Waals surface area contributed by atoms with Crippen molar-refractivity contribution >= 4 is 46.7 Å². The first-order valence-electron chi connectivity index (χ1n) is 13.6. The molecule has 5 rings (SSSR count). The average Bonchev–Trinajstić information content (AvgIpc) is 3.00. The molecule has 40 heavy (non-hydrogen) atoms. The molecule has 0 radical (unpaired) electrons.